The molecule has 0 saturated carbocycles. The van der Waals surface area contributed by atoms with Crippen LogP contribution in [0.25, 0.3) is 0 Å². The highest BCUT2D eigenvalue weighted by atomic mass is 127. The van der Waals surface area contributed by atoms with E-state index in [0.717, 1.165) is 12.1 Å². The molecule has 136 valence electrons. The van der Waals surface area contributed by atoms with Gasteiger partial charge in [0.1, 0.15) is 0 Å². The molecule has 0 heterocycles. The molecule has 2 aromatic rings. The van der Waals surface area contributed by atoms with Gasteiger partial charge in [0, 0.05) is 7.14 Å². The molecule has 0 aliphatic rings. The van der Waals surface area contributed by atoms with Crippen molar-refractivity contribution in [3.8, 4) is 0 Å². The van der Waals surface area contributed by atoms with E-state index in [4.69, 9.17) is 0 Å². The zero-order chi connectivity index (χ0) is 19.0. The van der Waals surface area contributed by atoms with Crippen LogP contribution in [0.3, 0.4) is 0 Å². The predicted octanol–water partition coefficient (Wildman–Crippen LogP) is 5.88. The van der Waals surface area contributed by atoms with E-state index in [-0.39, 0.29) is 18.3 Å². The second-order valence-electron chi connectivity index (χ2n) is 5.24. The molecule has 0 aliphatic heterocycles. The Kier molecular flexibility index (Phi) is 5.99. The average Bonchev–Trinajstić information content (AvgIpc) is 2.48. The standard InChI is InChI=1S/C16H10F6I2O/c17-15(18,19)14(25,16(20,21)22)13(9-5-1-3-7-11(9)23)10-6-2-4-8-12(10)24/h1-8,13,25H. The summed E-state index contributed by atoms with van der Waals surface area (Å²) in [4.78, 5) is 0. The van der Waals surface area contributed by atoms with Gasteiger partial charge in [-0.1, -0.05) is 36.4 Å². The zero-order valence-corrected chi connectivity index (χ0v) is 16.5. The molecule has 0 saturated heterocycles. The Morgan fingerprint density at radius 1 is 0.680 bits per heavy atom. The molecule has 1 nitrogen and oxygen atoms in total. The summed E-state index contributed by atoms with van der Waals surface area (Å²) >= 11 is 3.32. The monoisotopic (exact) mass is 586 g/mol. The van der Waals surface area contributed by atoms with Gasteiger partial charge in [-0.05, 0) is 68.4 Å². The molecule has 0 aromatic heterocycles. The summed E-state index contributed by atoms with van der Waals surface area (Å²) in [6.07, 6.45) is -11.8. The minimum atomic E-state index is -5.92. The lowest BCUT2D eigenvalue weighted by atomic mass is 9.76. The van der Waals surface area contributed by atoms with E-state index < -0.39 is 23.9 Å². The number of halogens is 8. The van der Waals surface area contributed by atoms with E-state index >= 15 is 0 Å². The van der Waals surface area contributed by atoms with Crippen LogP contribution in [-0.4, -0.2) is 23.1 Å². The predicted molar refractivity (Wildman–Crippen MR) is 97.2 cm³/mol. The minimum Gasteiger partial charge on any atom is -0.373 e. The molecule has 0 spiro atoms. The molecule has 0 unspecified atom stereocenters. The van der Waals surface area contributed by atoms with Crippen molar-refractivity contribution in [2.45, 2.75) is 23.9 Å². The highest BCUT2D eigenvalue weighted by molar-refractivity contribution is 14.1. The van der Waals surface area contributed by atoms with Crippen LogP contribution < -0.4 is 0 Å². The van der Waals surface area contributed by atoms with Crippen molar-refractivity contribution in [3.05, 3.63) is 66.8 Å². The quantitative estimate of drug-likeness (QED) is 0.352. The van der Waals surface area contributed by atoms with E-state index in [1.54, 1.807) is 45.2 Å². The van der Waals surface area contributed by atoms with E-state index in [2.05, 4.69) is 0 Å². The molecule has 0 radical (unpaired) electrons. The largest absolute Gasteiger partial charge is 0.427 e. The molecule has 25 heavy (non-hydrogen) atoms. The van der Waals surface area contributed by atoms with Crippen LogP contribution in [-0.2, 0) is 0 Å². The van der Waals surface area contributed by atoms with Crippen LogP contribution in [0.4, 0.5) is 26.3 Å². The fourth-order valence-electron chi connectivity index (χ4n) is 2.52. The Labute approximate surface area is 166 Å². The first-order chi connectivity index (χ1) is 11.4. The lowest BCUT2D eigenvalue weighted by molar-refractivity contribution is -0.372. The zero-order valence-electron chi connectivity index (χ0n) is 12.2. The molecular weight excluding hydrogens is 576 g/mol. The number of aliphatic hydroxyl groups is 1. The average molecular weight is 586 g/mol. The van der Waals surface area contributed by atoms with Gasteiger partial charge in [0.25, 0.3) is 5.60 Å². The first-order valence-corrected chi connectivity index (χ1v) is 8.91. The van der Waals surface area contributed by atoms with E-state index in [9.17, 15) is 31.4 Å². The SMILES string of the molecule is OC(C(c1ccccc1I)c1ccccc1I)(C(F)(F)F)C(F)(F)F. The van der Waals surface area contributed by atoms with Crippen LogP contribution >= 0.6 is 45.2 Å². The van der Waals surface area contributed by atoms with Crippen LogP contribution in [0.5, 0.6) is 0 Å². The van der Waals surface area contributed by atoms with Crippen molar-refractivity contribution in [1.29, 1.82) is 0 Å². The molecule has 1 N–H and O–H groups in total. The molecule has 0 aliphatic carbocycles. The third-order valence-electron chi connectivity index (χ3n) is 3.71. The molecule has 0 bridgehead atoms. The third kappa shape index (κ3) is 3.77. The van der Waals surface area contributed by atoms with Gasteiger partial charge in [-0.15, -0.1) is 0 Å². The first kappa shape index (κ1) is 20.7. The highest BCUT2D eigenvalue weighted by Crippen LogP contribution is 2.54. The second kappa shape index (κ2) is 7.22. The van der Waals surface area contributed by atoms with Gasteiger partial charge in [-0.3, -0.25) is 0 Å². The second-order valence-corrected chi connectivity index (χ2v) is 7.56. The van der Waals surface area contributed by atoms with Crippen molar-refractivity contribution in [3.63, 3.8) is 0 Å². The summed E-state index contributed by atoms with van der Waals surface area (Å²) in [5.41, 5.74) is -5.42. The first-order valence-electron chi connectivity index (χ1n) is 6.76. The van der Waals surface area contributed by atoms with E-state index in [0.29, 0.717) is 0 Å². The Morgan fingerprint density at radius 3 is 1.28 bits per heavy atom. The number of rotatable bonds is 3. The Morgan fingerprint density at radius 2 is 1.00 bits per heavy atom. The molecule has 2 rings (SSSR count). The van der Waals surface area contributed by atoms with Crippen molar-refractivity contribution in [2.75, 3.05) is 0 Å². The summed E-state index contributed by atoms with van der Waals surface area (Å²) in [7, 11) is 0. The highest BCUT2D eigenvalue weighted by Gasteiger charge is 2.74. The van der Waals surface area contributed by atoms with Crippen molar-refractivity contribution >= 4 is 45.2 Å². The Bertz CT molecular complexity index is 697. The maximum Gasteiger partial charge on any atom is 0.427 e. The summed E-state index contributed by atoms with van der Waals surface area (Å²) in [6, 6.07) is 10.8. The van der Waals surface area contributed by atoms with Gasteiger partial charge in [0.15, 0.2) is 0 Å². The lowest BCUT2D eigenvalue weighted by Crippen LogP contribution is -2.61. The normalized spacial score (nSPS) is 13.4. The Hall–Kier alpha value is -0.560. The van der Waals surface area contributed by atoms with E-state index in [1.165, 1.54) is 36.4 Å². The molecule has 0 atom stereocenters. The summed E-state index contributed by atoms with van der Waals surface area (Å²) in [5, 5.41) is 10.0. The number of hydrogen-bond acceptors (Lipinski definition) is 1. The Balaban J connectivity index is 2.89. The van der Waals surface area contributed by atoms with Gasteiger partial charge in [0.05, 0.1) is 5.92 Å². The smallest absolute Gasteiger partial charge is 0.373 e. The molecule has 2 aromatic carbocycles. The third-order valence-corrected chi connectivity index (χ3v) is 5.68. The van der Waals surface area contributed by atoms with Gasteiger partial charge in [0.2, 0.25) is 0 Å². The number of benzene rings is 2. The minimum absolute atomic E-state index is 0.191. The van der Waals surface area contributed by atoms with Gasteiger partial charge in [-0.2, -0.15) is 26.3 Å². The number of alkyl halides is 6. The van der Waals surface area contributed by atoms with Gasteiger partial charge >= 0.3 is 12.4 Å². The summed E-state index contributed by atoms with van der Waals surface area (Å²) < 4.78 is 81.4. The van der Waals surface area contributed by atoms with Crippen LogP contribution in [0, 0.1) is 7.14 Å². The maximum atomic E-state index is 13.5. The summed E-state index contributed by atoms with van der Waals surface area (Å²) in [5.74, 6) is -2.35. The maximum absolute atomic E-state index is 13.5. The fraction of sp³-hybridized carbons (Fsp3) is 0.250. The van der Waals surface area contributed by atoms with Crippen molar-refractivity contribution < 1.29 is 31.4 Å². The lowest BCUT2D eigenvalue weighted by Gasteiger charge is -2.40. The molecular formula is C16H10F6I2O. The van der Waals surface area contributed by atoms with Crippen LogP contribution in [0.1, 0.15) is 17.0 Å². The fourth-order valence-corrected chi connectivity index (χ4v) is 3.92. The molecule has 0 amide bonds. The van der Waals surface area contributed by atoms with Gasteiger partial charge < -0.3 is 5.11 Å². The van der Waals surface area contributed by atoms with E-state index in [1.807, 2.05) is 0 Å². The van der Waals surface area contributed by atoms with Crippen LogP contribution in [0.15, 0.2) is 48.5 Å². The van der Waals surface area contributed by atoms with Crippen molar-refractivity contribution in [2.24, 2.45) is 0 Å². The van der Waals surface area contributed by atoms with Crippen LogP contribution in [0.2, 0.25) is 0 Å². The molecule has 0 fully saturated rings. The van der Waals surface area contributed by atoms with Crippen molar-refractivity contribution in [1.82, 2.24) is 0 Å². The molecule has 9 heteroatoms. The topological polar surface area (TPSA) is 20.2 Å². The summed E-state index contributed by atoms with van der Waals surface area (Å²) in [6.45, 7) is 0. The van der Waals surface area contributed by atoms with Gasteiger partial charge in [-0.25, -0.2) is 0 Å². The number of hydrogen-bond donors (Lipinski definition) is 1.